The van der Waals surface area contributed by atoms with Gasteiger partial charge in [0.2, 0.25) is 0 Å². The van der Waals surface area contributed by atoms with E-state index in [9.17, 15) is 0 Å². The van der Waals surface area contributed by atoms with Crippen molar-refractivity contribution in [2.24, 2.45) is 5.92 Å². The van der Waals surface area contributed by atoms with Gasteiger partial charge in [-0.2, -0.15) is 5.10 Å². The van der Waals surface area contributed by atoms with Crippen LogP contribution in [0.3, 0.4) is 0 Å². The normalized spacial score (nSPS) is 24.9. The molecule has 2 saturated heterocycles. The first-order chi connectivity index (χ1) is 19.6. The molecule has 8 rings (SSSR count). The van der Waals surface area contributed by atoms with Crippen molar-refractivity contribution in [3.8, 4) is 5.69 Å². The molecule has 2 aromatic heterocycles. The molecule has 208 valence electrons. The summed E-state index contributed by atoms with van der Waals surface area (Å²) in [5.74, 6) is 1.63. The van der Waals surface area contributed by atoms with E-state index in [4.69, 9.17) is 42.8 Å². The molecular weight excluding hydrogens is 563 g/mol. The number of fused-ring (bicyclic) bond motifs is 3. The number of thiazole rings is 1. The average molecular weight is 596 g/mol. The molecule has 2 aliphatic carbocycles. The Labute approximate surface area is 248 Å². The lowest BCUT2D eigenvalue weighted by Gasteiger charge is -2.31. The Hall–Kier alpha value is -2.16. The Morgan fingerprint density at radius 3 is 2.48 bits per heavy atom. The first kappa shape index (κ1) is 25.5. The number of anilines is 1. The quantitative estimate of drug-likeness (QED) is 0.219. The molecule has 2 saturated carbocycles. The summed E-state index contributed by atoms with van der Waals surface area (Å²) in [6.07, 6.45) is 9.01. The van der Waals surface area contributed by atoms with E-state index >= 15 is 0 Å². The van der Waals surface area contributed by atoms with Crippen LogP contribution in [-0.2, 0) is 16.1 Å². The van der Waals surface area contributed by atoms with Gasteiger partial charge in [-0.1, -0.05) is 52.7 Å². The molecule has 0 spiro atoms. The summed E-state index contributed by atoms with van der Waals surface area (Å²) in [6.45, 7) is 3.23. The summed E-state index contributed by atoms with van der Waals surface area (Å²) >= 11 is 15.0. The molecule has 4 heterocycles. The Kier molecular flexibility index (Phi) is 6.57. The number of hydrogen-bond donors (Lipinski definition) is 0. The van der Waals surface area contributed by atoms with E-state index in [0.717, 1.165) is 50.4 Å². The number of piperidine rings is 1. The van der Waals surface area contributed by atoms with Crippen molar-refractivity contribution in [3.05, 3.63) is 69.5 Å². The zero-order valence-corrected chi connectivity index (χ0v) is 24.6. The smallest absolute Gasteiger partial charge is 0.186 e. The molecule has 6 nitrogen and oxygen atoms in total. The fourth-order valence-electron chi connectivity index (χ4n) is 7.10. The van der Waals surface area contributed by atoms with Crippen LogP contribution in [0.15, 0.2) is 42.6 Å². The monoisotopic (exact) mass is 594 g/mol. The van der Waals surface area contributed by atoms with Crippen molar-refractivity contribution in [1.82, 2.24) is 14.8 Å². The van der Waals surface area contributed by atoms with E-state index in [0.29, 0.717) is 40.4 Å². The minimum atomic E-state index is 0.241. The lowest BCUT2D eigenvalue weighted by molar-refractivity contribution is 0.00993. The second-order valence-corrected chi connectivity index (χ2v) is 13.6. The van der Waals surface area contributed by atoms with Crippen molar-refractivity contribution in [3.63, 3.8) is 0 Å². The second kappa shape index (κ2) is 10.3. The standard InChI is InChI=1S/C31H32Cl2N4O2S/c32-24-4-2-5-25(33)30(24)37-26(23(15-34-37)18-7-8-18)17-39-27-14-21-13-20(27)16-36(21)31-35-29-22(3-1-6-28(29)40-31)19-9-11-38-12-10-19/h1-6,15,18-21,27H,7-14,16-17H2/t20-,21-,27+/m0/s1. The Balaban J connectivity index is 0.994. The highest BCUT2D eigenvalue weighted by molar-refractivity contribution is 7.22. The first-order valence-corrected chi connectivity index (χ1v) is 16.1. The zero-order valence-electron chi connectivity index (χ0n) is 22.3. The van der Waals surface area contributed by atoms with Gasteiger partial charge >= 0.3 is 0 Å². The number of rotatable bonds is 7. The molecule has 9 heteroatoms. The molecule has 4 aliphatic rings. The molecule has 0 N–H and O–H groups in total. The van der Waals surface area contributed by atoms with Crippen LogP contribution in [0.2, 0.25) is 10.0 Å². The van der Waals surface area contributed by atoms with Gasteiger partial charge in [-0.25, -0.2) is 9.67 Å². The molecule has 4 fully saturated rings. The van der Waals surface area contributed by atoms with Gasteiger partial charge in [0.1, 0.15) is 5.69 Å². The maximum absolute atomic E-state index is 6.68. The molecule has 0 unspecified atom stereocenters. The minimum Gasteiger partial charge on any atom is -0.381 e. The van der Waals surface area contributed by atoms with Gasteiger partial charge in [-0.05, 0) is 79.7 Å². The van der Waals surface area contributed by atoms with Crippen LogP contribution in [-0.4, -0.2) is 46.7 Å². The largest absolute Gasteiger partial charge is 0.381 e. The SMILES string of the molecule is Clc1cccc(Cl)c1-n1ncc(C2CC2)c1CO[C@@H]1C[C@@H]2C[C@H]1CN2c1nc2c(C3CCOCC3)cccc2s1. The van der Waals surface area contributed by atoms with Crippen LogP contribution >= 0.6 is 34.5 Å². The van der Waals surface area contributed by atoms with E-state index in [-0.39, 0.29) is 6.10 Å². The number of benzene rings is 2. The van der Waals surface area contributed by atoms with Crippen LogP contribution in [0.4, 0.5) is 5.13 Å². The van der Waals surface area contributed by atoms with Gasteiger partial charge in [0.25, 0.3) is 0 Å². The summed E-state index contributed by atoms with van der Waals surface area (Å²) < 4.78 is 15.5. The van der Waals surface area contributed by atoms with Gasteiger partial charge in [-0.15, -0.1) is 0 Å². The second-order valence-electron chi connectivity index (χ2n) is 11.8. The Bertz CT molecular complexity index is 1540. The van der Waals surface area contributed by atoms with Crippen LogP contribution in [0.1, 0.15) is 67.2 Å². The summed E-state index contributed by atoms with van der Waals surface area (Å²) in [5, 5.41) is 7.10. The highest BCUT2D eigenvalue weighted by atomic mass is 35.5. The van der Waals surface area contributed by atoms with Crippen molar-refractivity contribution >= 4 is 49.9 Å². The first-order valence-electron chi connectivity index (χ1n) is 14.5. The van der Waals surface area contributed by atoms with E-state index in [2.05, 4.69) is 23.1 Å². The topological polar surface area (TPSA) is 52.4 Å². The molecule has 40 heavy (non-hydrogen) atoms. The zero-order chi connectivity index (χ0) is 26.8. The minimum absolute atomic E-state index is 0.241. The predicted octanol–water partition coefficient (Wildman–Crippen LogP) is 7.74. The number of ether oxygens (including phenoxy) is 2. The lowest BCUT2D eigenvalue weighted by Crippen LogP contribution is -2.38. The van der Waals surface area contributed by atoms with E-state index in [1.165, 1.54) is 45.7 Å². The summed E-state index contributed by atoms with van der Waals surface area (Å²) in [7, 11) is 0. The lowest BCUT2D eigenvalue weighted by atomic mass is 9.91. The molecule has 2 aromatic carbocycles. The maximum atomic E-state index is 6.68. The molecule has 2 bridgehead atoms. The van der Waals surface area contributed by atoms with Gasteiger partial charge in [0, 0.05) is 31.7 Å². The Morgan fingerprint density at radius 2 is 1.73 bits per heavy atom. The molecule has 2 aliphatic heterocycles. The summed E-state index contributed by atoms with van der Waals surface area (Å²) in [6, 6.07) is 12.8. The van der Waals surface area contributed by atoms with Crippen LogP contribution < -0.4 is 4.90 Å². The average Bonchev–Trinajstić information content (AvgIpc) is 3.29. The molecule has 0 amide bonds. The number of hydrogen-bond acceptors (Lipinski definition) is 6. The van der Waals surface area contributed by atoms with E-state index < -0.39 is 0 Å². The van der Waals surface area contributed by atoms with Gasteiger partial charge < -0.3 is 14.4 Å². The number of para-hydroxylation sites is 2. The highest BCUT2D eigenvalue weighted by Crippen LogP contribution is 2.47. The number of halogens is 2. The number of aromatic nitrogens is 3. The van der Waals surface area contributed by atoms with Crippen molar-refractivity contribution in [1.29, 1.82) is 0 Å². The van der Waals surface area contributed by atoms with Crippen molar-refractivity contribution in [2.75, 3.05) is 24.7 Å². The van der Waals surface area contributed by atoms with Gasteiger partial charge in [0.15, 0.2) is 5.13 Å². The molecule has 0 radical (unpaired) electrons. The van der Waals surface area contributed by atoms with E-state index in [1.54, 1.807) is 0 Å². The van der Waals surface area contributed by atoms with Crippen LogP contribution in [0, 0.1) is 5.92 Å². The fourth-order valence-corrected chi connectivity index (χ4v) is 8.74. The third-order valence-electron chi connectivity index (χ3n) is 9.32. The van der Waals surface area contributed by atoms with E-state index in [1.807, 2.05) is 40.4 Å². The van der Waals surface area contributed by atoms with Crippen molar-refractivity contribution in [2.45, 2.75) is 69.1 Å². The molecule has 3 atom stereocenters. The van der Waals surface area contributed by atoms with Crippen LogP contribution in [0.5, 0.6) is 0 Å². The highest BCUT2D eigenvalue weighted by Gasteiger charge is 2.46. The van der Waals surface area contributed by atoms with Gasteiger partial charge in [-0.3, -0.25) is 0 Å². The maximum Gasteiger partial charge on any atom is 0.186 e. The van der Waals surface area contributed by atoms with Crippen LogP contribution in [0.25, 0.3) is 15.9 Å². The summed E-state index contributed by atoms with van der Waals surface area (Å²) in [5.41, 5.74) is 5.70. The molecular formula is C31H32Cl2N4O2S. The number of nitrogens with zero attached hydrogens (tertiary/aromatic N) is 4. The molecule has 4 aromatic rings. The third kappa shape index (κ3) is 4.45. The van der Waals surface area contributed by atoms with Crippen molar-refractivity contribution < 1.29 is 9.47 Å². The predicted molar refractivity (Wildman–Crippen MR) is 160 cm³/mol. The summed E-state index contributed by atoms with van der Waals surface area (Å²) in [4.78, 5) is 7.77. The Morgan fingerprint density at radius 1 is 0.950 bits per heavy atom. The van der Waals surface area contributed by atoms with Gasteiger partial charge in [0.05, 0.1) is 44.9 Å². The third-order valence-corrected chi connectivity index (χ3v) is 11.0. The fraction of sp³-hybridized carbons (Fsp3) is 0.484.